The Kier molecular flexibility index (Phi) is 8.91. The Hall–Kier alpha value is -4.87. The van der Waals surface area contributed by atoms with Crippen LogP contribution < -0.4 is 20.5 Å². The molecule has 214 valence electrons. The Labute approximate surface area is 233 Å². The van der Waals surface area contributed by atoms with Crippen LogP contribution in [-0.4, -0.2) is 41.2 Å². The molecule has 0 aromatic heterocycles. The lowest BCUT2D eigenvalue weighted by molar-refractivity contribution is -0.138. The number of nitrogens with one attached hydrogen (secondary N) is 1. The van der Waals surface area contributed by atoms with E-state index in [1.165, 1.54) is 41.3 Å². The van der Waals surface area contributed by atoms with Gasteiger partial charge in [0.05, 0.1) is 5.56 Å². The number of esters is 1. The van der Waals surface area contributed by atoms with Crippen LogP contribution in [0.5, 0.6) is 11.5 Å². The molecule has 0 radical (unpaired) electrons. The highest BCUT2D eigenvalue weighted by Gasteiger charge is 2.36. The highest BCUT2D eigenvalue weighted by molar-refractivity contribution is 6.01. The van der Waals surface area contributed by atoms with E-state index in [-0.39, 0.29) is 37.2 Å². The molecule has 3 aromatic carbocycles. The second-order valence-corrected chi connectivity index (χ2v) is 9.22. The number of halogens is 3. The molecule has 9 nitrogen and oxygen atoms in total. The number of rotatable bonds is 11. The third-order valence-electron chi connectivity index (χ3n) is 6.38. The van der Waals surface area contributed by atoms with Gasteiger partial charge in [-0.05, 0) is 53.9 Å². The van der Waals surface area contributed by atoms with Gasteiger partial charge in [0.1, 0.15) is 17.5 Å². The lowest BCUT2D eigenvalue weighted by Gasteiger charge is -2.24. The molecule has 3 aromatic rings. The first-order valence-corrected chi connectivity index (χ1v) is 12.6. The molecule has 0 bridgehead atoms. The van der Waals surface area contributed by atoms with Crippen molar-refractivity contribution in [3.8, 4) is 11.5 Å². The molecule has 1 atom stereocenters. The van der Waals surface area contributed by atoms with Crippen LogP contribution in [0.3, 0.4) is 0 Å². The van der Waals surface area contributed by atoms with E-state index < -0.39 is 48.1 Å². The fraction of sp³-hybridized carbons (Fsp3) is 0.241. The van der Waals surface area contributed by atoms with Crippen LogP contribution in [0.25, 0.3) is 0 Å². The molecule has 0 fully saturated rings. The fourth-order valence-electron chi connectivity index (χ4n) is 4.38. The van der Waals surface area contributed by atoms with E-state index >= 15 is 0 Å². The lowest BCUT2D eigenvalue weighted by Crippen LogP contribution is -2.45. The van der Waals surface area contributed by atoms with Crippen molar-refractivity contribution in [2.24, 2.45) is 5.73 Å². The lowest BCUT2D eigenvalue weighted by atomic mass is 10.1. The molecule has 1 aliphatic heterocycles. The van der Waals surface area contributed by atoms with E-state index in [0.29, 0.717) is 16.9 Å². The van der Waals surface area contributed by atoms with Crippen molar-refractivity contribution in [1.29, 1.82) is 0 Å². The molecule has 0 saturated carbocycles. The predicted octanol–water partition coefficient (Wildman–Crippen LogP) is 3.60. The summed E-state index contributed by atoms with van der Waals surface area (Å²) in [6.45, 7) is -0.788. The SMILES string of the molecule is NC(=O)C(CCC(=O)Oc1ccccc1)N1Cc2cc(OCC(=O)NCc3ccccc3C(F)(F)F)ccc2C1=O. The molecular weight excluding hydrogens is 543 g/mol. The van der Waals surface area contributed by atoms with E-state index in [1.807, 2.05) is 0 Å². The second-order valence-electron chi connectivity index (χ2n) is 9.22. The molecule has 0 aliphatic carbocycles. The minimum absolute atomic E-state index is 0.0210. The van der Waals surface area contributed by atoms with Gasteiger partial charge in [-0.1, -0.05) is 36.4 Å². The highest BCUT2D eigenvalue weighted by Crippen LogP contribution is 2.32. The van der Waals surface area contributed by atoms with Gasteiger partial charge >= 0.3 is 12.1 Å². The van der Waals surface area contributed by atoms with Crippen LogP contribution in [0.15, 0.2) is 72.8 Å². The summed E-state index contributed by atoms with van der Waals surface area (Å²) in [7, 11) is 0. The minimum atomic E-state index is -4.55. The zero-order valence-corrected chi connectivity index (χ0v) is 21.6. The molecule has 12 heteroatoms. The fourth-order valence-corrected chi connectivity index (χ4v) is 4.38. The number of primary amides is 1. The molecule has 0 spiro atoms. The summed E-state index contributed by atoms with van der Waals surface area (Å²) >= 11 is 0. The smallest absolute Gasteiger partial charge is 0.416 e. The van der Waals surface area contributed by atoms with Gasteiger partial charge in [0.25, 0.3) is 11.8 Å². The number of carbonyl (C=O) groups is 4. The van der Waals surface area contributed by atoms with Crippen LogP contribution >= 0.6 is 0 Å². The van der Waals surface area contributed by atoms with E-state index in [0.717, 1.165) is 6.07 Å². The molecule has 3 N–H and O–H groups in total. The van der Waals surface area contributed by atoms with Crippen LogP contribution in [-0.2, 0) is 33.6 Å². The van der Waals surface area contributed by atoms with Gasteiger partial charge in [-0.15, -0.1) is 0 Å². The Balaban J connectivity index is 1.32. The van der Waals surface area contributed by atoms with Gasteiger partial charge in [0.2, 0.25) is 5.91 Å². The summed E-state index contributed by atoms with van der Waals surface area (Å²) < 4.78 is 50.1. The zero-order valence-electron chi connectivity index (χ0n) is 21.6. The molecule has 1 unspecified atom stereocenters. The van der Waals surface area contributed by atoms with E-state index in [2.05, 4.69) is 5.32 Å². The minimum Gasteiger partial charge on any atom is -0.484 e. The molecule has 1 aliphatic rings. The average Bonchev–Trinajstić information content (AvgIpc) is 3.26. The summed E-state index contributed by atoms with van der Waals surface area (Å²) in [5.41, 5.74) is 5.46. The van der Waals surface area contributed by atoms with Crippen LogP contribution in [0.4, 0.5) is 13.2 Å². The summed E-state index contributed by atoms with van der Waals surface area (Å²) in [6, 6.07) is 16.7. The molecule has 41 heavy (non-hydrogen) atoms. The number of hydrogen-bond acceptors (Lipinski definition) is 6. The van der Waals surface area contributed by atoms with Crippen molar-refractivity contribution in [3.05, 3.63) is 95.1 Å². The van der Waals surface area contributed by atoms with Crippen molar-refractivity contribution >= 4 is 23.7 Å². The largest absolute Gasteiger partial charge is 0.484 e. The van der Waals surface area contributed by atoms with Crippen molar-refractivity contribution in [1.82, 2.24) is 10.2 Å². The molecule has 3 amide bonds. The Morgan fingerprint density at radius 3 is 2.39 bits per heavy atom. The number of benzene rings is 3. The average molecular weight is 570 g/mol. The van der Waals surface area contributed by atoms with Gasteiger partial charge in [-0.3, -0.25) is 19.2 Å². The number of nitrogens with zero attached hydrogens (tertiary/aromatic N) is 1. The first-order chi connectivity index (χ1) is 19.5. The maximum Gasteiger partial charge on any atom is 0.416 e. The summed E-state index contributed by atoms with van der Waals surface area (Å²) in [5.74, 6) is -1.86. The van der Waals surface area contributed by atoms with Crippen molar-refractivity contribution in [2.75, 3.05) is 6.61 Å². The van der Waals surface area contributed by atoms with Crippen molar-refractivity contribution in [2.45, 2.75) is 38.1 Å². The number of alkyl halides is 3. The summed E-state index contributed by atoms with van der Waals surface area (Å²) in [6.07, 6.45) is -4.74. The van der Waals surface area contributed by atoms with E-state index in [9.17, 15) is 32.3 Å². The van der Waals surface area contributed by atoms with Gasteiger partial charge in [-0.2, -0.15) is 13.2 Å². The maximum atomic E-state index is 13.1. The Morgan fingerprint density at radius 2 is 1.68 bits per heavy atom. The number of hydrogen-bond donors (Lipinski definition) is 2. The van der Waals surface area contributed by atoms with Crippen LogP contribution in [0.2, 0.25) is 0 Å². The van der Waals surface area contributed by atoms with Gasteiger partial charge in [-0.25, -0.2) is 0 Å². The standard InChI is InChI=1S/C29H26F3N3O6/c30-29(31,32)23-9-5-4-6-18(23)15-34-25(36)17-40-21-10-11-22-19(14-21)16-35(28(22)39)24(27(33)38)12-13-26(37)41-20-7-2-1-3-8-20/h1-11,14,24H,12-13,15-17H2,(H2,33,38)(H,34,36). The summed E-state index contributed by atoms with van der Waals surface area (Å²) in [5, 5.41) is 2.40. The quantitative estimate of drug-likeness (QED) is 0.268. The number of amides is 3. The number of fused-ring (bicyclic) bond motifs is 1. The maximum absolute atomic E-state index is 13.1. The molecule has 4 rings (SSSR count). The Morgan fingerprint density at radius 1 is 0.976 bits per heavy atom. The number of para-hydroxylation sites is 1. The van der Waals surface area contributed by atoms with Crippen LogP contribution in [0, 0.1) is 0 Å². The molecule has 1 heterocycles. The highest BCUT2D eigenvalue weighted by atomic mass is 19.4. The number of nitrogens with two attached hydrogens (primary N) is 1. The molecular formula is C29H26F3N3O6. The van der Waals surface area contributed by atoms with E-state index in [4.69, 9.17) is 15.2 Å². The third kappa shape index (κ3) is 7.41. The van der Waals surface area contributed by atoms with Gasteiger partial charge < -0.3 is 25.4 Å². The normalized spacial score (nSPS) is 13.3. The Bertz CT molecular complexity index is 1450. The number of carbonyl (C=O) groups excluding carboxylic acids is 4. The summed E-state index contributed by atoms with van der Waals surface area (Å²) in [4.78, 5) is 50.9. The topological polar surface area (TPSA) is 128 Å². The first kappa shape index (κ1) is 29.1. The zero-order chi connectivity index (χ0) is 29.6. The number of ether oxygens (including phenoxy) is 2. The predicted molar refractivity (Wildman–Crippen MR) is 139 cm³/mol. The first-order valence-electron chi connectivity index (χ1n) is 12.6. The van der Waals surface area contributed by atoms with E-state index in [1.54, 1.807) is 30.3 Å². The van der Waals surface area contributed by atoms with Crippen molar-refractivity contribution < 1.29 is 41.8 Å². The van der Waals surface area contributed by atoms with Crippen molar-refractivity contribution in [3.63, 3.8) is 0 Å². The second kappa shape index (κ2) is 12.5. The monoisotopic (exact) mass is 569 g/mol. The molecule has 0 saturated heterocycles. The van der Waals surface area contributed by atoms with Gasteiger partial charge in [0.15, 0.2) is 6.61 Å². The third-order valence-corrected chi connectivity index (χ3v) is 6.38. The van der Waals surface area contributed by atoms with Gasteiger partial charge in [0, 0.05) is 25.1 Å². The van der Waals surface area contributed by atoms with Crippen LogP contribution in [0.1, 0.15) is 39.9 Å².